The Morgan fingerprint density at radius 1 is 1.18 bits per heavy atom. The van der Waals surface area contributed by atoms with E-state index in [9.17, 15) is 4.79 Å². The van der Waals surface area contributed by atoms with E-state index < -0.39 is 0 Å². The fourth-order valence-electron chi connectivity index (χ4n) is 3.92. The molecule has 1 aromatic rings. The van der Waals surface area contributed by atoms with Gasteiger partial charge in [0.25, 0.3) is 5.91 Å². The molecule has 22 heavy (non-hydrogen) atoms. The fourth-order valence-corrected chi connectivity index (χ4v) is 3.92. The number of halogens is 1. The van der Waals surface area contributed by atoms with E-state index in [2.05, 4.69) is 20.4 Å². The number of rotatable bonds is 2. The SMILES string of the molecule is Cl.O=C(c1n[nH]c2c1CCC2)N1CCC(N2CCNCC2)C1. The molecule has 3 heterocycles. The van der Waals surface area contributed by atoms with Gasteiger partial charge in [-0.3, -0.25) is 14.8 Å². The van der Waals surface area contributed by atoms with E-state index in [1.807, 2.05) is 4.90 Å². The zero-order valence-corrected chi connectivity index (χ0v) is 13.6. The van der Waals surface area contributed by atoms with Crippen LogP contribution in [0.1, 0.15) is 34.6 Å². The van der Waals surface area contributed by atoms with E-state index in [1.165, 1.54) is 11.3 Å². The van der Waals surface area contributed by atoms with E-state index in [4.69, 9.17) is 0 Å². The lowest BCUT2D eigenvalue weighted by Crippen LogP contribution is -2.49. The number of fused-ring (bicyclic) bond motifs is 1. The highest BCUT2D eigenvalue weighted by molar-refractivity contribution is 5.94. The third-order valence-electron chi connectivity index (χ3n) is 5.13. The molecule has 1 atom stereocenters. The molecule has 2 fully saturated rings. The molecule has 0 saturated carbocycles. The smallest absolute Gasteiger partial charge is 0.274 e. The van der Waals surface area contributed by atoms with Crippen LogP contribution in [-0.2, 0) is 12.8 Å². The van der Waals surface area contributed by atoms with Crippen LogP contribution in [0.2, 0.25) is 0 Å². The molecule has 0 aromatic carbocycles. The topological polar surface area (TPSA) is 64.3 Å². The lowest BCUT2D eigenvalue weighted by atomic mass is 10.2. The maximum atomic E-state index is 12.7. The number of carbonyl (C=O) groups excluding carboxylic acids is 1. The number of nitrogens with zero attached hydrogens (tertiary/aromatic N) is 3. The number of carbonyl (C=O) groups is 1. The van der Waals surface area contributed by atoms with Crippen molar-refractivity contribution in [2.45, 2.75) is 31.7 Å². The number of H-pyrrole nitrogens is 1. The zero-order valence-electron chi connectivity index (χ0n) is 12.8. The van der Waals surface area contributed by atoms with Crippen LogP contribution in [0.4, 0.5) is 0 Å². The minimum absolute atomic E-state index is 0. The Bertz CT molecular complexity index is 540. The first-order chi connectivity index (χ1) is 10.3. The molecule has 3 aliphatic rings. The lowest BCUT2D eigenvalue weighted by molar-refractivity contribution is 0.0766. The second-order valence-corrected chi connectivity index (χ2v) is 6.36. The molecule has 4 rings (SSSR count). The van der Waals surface area contributed by atoms with Crippen molar-refractivity contribution in [3.8, 4) is 0 Å². The van der Waals surface area contributed by atoms with E-state index in [0.717, 1.165) is 65.0 Å². The molecule has 0 spiro atoms. The van der Waals surface area contributed by atoms with Gasteiger partial charge < -0.3 is 10.2 Å². The number of aromatic amines is 1. The molecule has 1 aromatic heterocycles. The Morgan fingerprint density at radius 2 is 2.00 bits per heavy atom. The van der Waals surface area contributed by atoms with Gasteiger partial charge in [0, 0.05) is 56.6 Å². The quantitative estimate of drug-likeness (QED) is 0.828. The Morgan fingerprint density at radius 3 is 2.82 bits per heavy atom. The first kappa shape index (κ1) is 15.8. The molecule has 1 aliphatic carbocycles. The van der Waals surface area contributed by atoms with Gasteiger partial charge in [-0.25, -0.2) is 0 Å². The minimum atomic E-state index is 0. The molecule has 2 saturated heterocycles. The van der Waals surface area contributed by atoms with E-state index >= 15 is 0 Å². The summed E-state index contributed by atoms with van der Waals surface area (Å²) < 4.78 is 0. The van der Waals surface area contributed by atoms with Gasteiger partial charge in [0.2, 0.25) is 0 Å². The Hall–Kier alpha value is -1.11. The number of nitrogens with one attached hydrogen (secondary N) is 2. The van der Waals surface area contributed by atoms with Gasteiger partial charge in [-0.15, -0.1) is 12.4 Å². The summed E-state index contributed by atoms with van der Waals surface area (Å²) in [5.74, 6) is 0.132. The predicted octanol–water partition coefficient (Wildman–Crippen LogP) is 0.440. The van der Waals surface area contributed by atoms with Crippen molar-refractivity contribution in [1.82, 2.24) is 25.3 Å². The van der Waals surface area contributed by atoms with Crippen molar-refractivity contribution in [2.75, 3.05) is 39.3 Å². The highest BCUT2D eigenvalue weighted by atomic mass is 35.5. The zero-order chi connectivity index (χ0) is 14.2. The van der Waals surface area contributed by atoms with Crippen molar-refractivity contribution in [3.05, 3.63) is 17.0 Å². The van der Waals surface area contributed by atoms with Gasteiger partial charge in [0.15, 0.2) is 5.69 Å². The molecule has 1 unspecified atom stereocenters. The number of hydrogen-bond acceptors (Lipinski definition) is 4. The second kappa shape index (κ2) is 6.56. The van der Waals surface area contributed by atoms with E-state index in [0.29, 0.717) is 11.7 Å². The number of aryl methyl sites for hydroxylation is 1. The number of piperazine rings is 1. The summed E-state index contributed by atoms with van der Waals surface area (Å²) in [6.45, 7) is 6.07. The molecule has 0 radical (unpaired) electrons. The third-order valence-corrected chi connectivity index (χ3v) is 5.13. The molecular weight excluding hydrogens is 302 g/mol. The summed E-state index contributed by atoms with van der Waals surface area (Å²) in [5, 5.41) is 10.7. The van der Waals surface area contributed by atoms with E-state index in [1.54, 1.807) is 0 Å². The summed E-state index contributed by atoms with van der Waals surface area (Å²) >= 11 is 0. The van der Waals surface area contributed by atoms with Crippen LogP contribution in [0.25, 0.3) is 0 Å². The van der Waals surface area contributed by atoms with Crippen molar-refractivity contribution in [3.63, 3.8) is 0 Å². The highest BCUT2D eigenvalue weighted by Gasteiger charge is 2.34. The van der Waals surface area contributed by atoms with Crippen molar-refractivity contribution < 1.29 is 4.79 Å². The van der Waals surface area contributed by atoms with Gasteiger partial charge in [0.05, 0.1) is 0 Å². The Kier molecular flexibility index (Phi) is 4.70. The number of aromatic nitrogens is 2. The van der Waals surface area contributed by atoms with Gasteiger partial charge in [-0.2, -0.15) is 5.10 Å². The standard InChI is InChI=1S/C15H23N5O.ClH/c21-15(14-12-2-1-3-13(12)17-18-14)20-7-4-11(10-20)19-8-5-16-6-9-19;/h11,16H,1-10H2,(H,17,18);1H. The van der Waals surface area contributed by atoms with Crippen LogP contribution in [0.3, 0.4) is 0 Å². The minimum Gasteiger partial charge on any atom is -0.336 e. The summed E-state index contributed by atoms with van der Waals surface area (Å²) in [6.07, 6.45) is 4.28. The maximum absolute atomic E-state index is 12.7. The molecule has 2 N–H and O–H groups in total. The van der Waals surface area contributed by atoms with Crippen molar-refractivity contribution in [1.29, 1.82) is 0 Å². The maximum Gasteiger partial charge on any atom is 0.274 e. The monoisotopic (exact) mass is 325 g/mol. The Balaban J connectivity index is 0.00000144. The van der Waals surface area contributed by atoms with Crippen LogP contribution in [0, 0.1) is 0 Å². The molecule has 6 nitrogen and oxygen atoms in total. The van der Waals surface area contributed by atoms with Crippen LogP contribution in [0.5, 0.6) is 0 Å². The van der Waals surface area contributed by atoms with Crippen LogP contribution >= 0.6 is 12.4 Å². The van der Waals surface area contributed by atoms with Gasteiger partial charge >= 0.3 is 0 Å². The first-order valence-electron chi connectivity index (χ1n) is 8.13. The van der Waals surface area contributed by atoms with Crippen LogP contribution < -0.4 is 5.32 Å². The van der Waals surface area contributed by atoms with Crippen LogP contribution in [-0.4, -0.2) is 71.2 Å². The summed E-state index contributed by atoms with van der Waals surface area (Å²) in [4.78, 5) is 17.2. The predicted molar refractivity (Wildman–Crippen MR) is 86.6 cm³/mol. The van der Waals surface area contributed by atoms with Gasteiger partial charge in [-0.1, -0.05) is 0 Å². The van der Waals surface area contributed by atoms with Crippen molar-refractivity contribution in [2.24, 2.45) is 0 Å². The van der Waals surface area contributed by atoms with Crippen LogP contribution in [0.15, 0.2) is 0 Å². The molecule has 1 amide bonds. The molecular formula is C15H24ClN5O. The second-order valence-electron chi connectivity index (χ2n) is 6.36. The number of likely N-dealkylation sites (tertiary alicyclic amines) is 1. The summed E-state index contributed by atoms with van der Waals surface area (Å²) in [5.41, 5.74) is 3.03. The lowest BCUT2D eigenvalue weighted by Gasteiger charge is -2.32. The third kappa shape index (κ3) is 2.75. The molecule has 0 bridgehead atoms. The largest absolute Gasteiger partial charge is 0.336 e. The average Bonchev–Trinajstić information content (AvgIpc) is 3.23. The molecule has 122 valence electrons. The highest BCUT2D eigenvalue weighted by Crippen LogP contribution is 2.25. The number of amides is 1. The summed E-state index contributed by atoms with van der Waals surface area (Å²) in [6, 6.07) is 0.531. The van der Waals surface area contributed by atoms with E-state index in [-0.39, 0.29) is 18.3 Å². The van der Waals surface area contributed by atoms with Crippen molar-refractivity contribution >= 4 is 18.3 Å². The average molecular weight is 326 g/mol. The molecule has 2 aliphatic heterocycles. The fraction of sp³-hybridized carbons (Fsp3) is 0.733. The normalized spacial score (nSPS) is 25.1. The van der Waals surface area contributed by atoms with Gasteiger partial charge in [0.1, 0.15) is 0 Å². The first-order valence-corrected chi connectivity index (χ1v) is 8.13. The number of hydrogen-bond donors (Lipinski definition) is 2. The molecule has 7 heteroatoms. The van der Waals surface area contributed by atoms with Gasteiger partial charge in [-0.05, 0) is 25.7 Å². The Labute approximate surface area is 137 Å². The summed E-state index contributed by atoms with van der Waals surface area (Å²) in [7, 11) is 0.